The molecule has 0 bridgehead atoms. The highest BCUT2D eigenvalue weighted by atomic mass is 16.5. The van der Waals surface area contributed by atoms with E-state index in [-0.39, 0.29) is 17.4 Å². The number of hydrogen-bond acceptors (Lipinski definition) is 4. The lowest BCUT2D eigenvalue weighted by molar-refractivity contribution is -0.135. The number of carbonyl (C=O) groups is 1. The number of para-hydroxylation sites is 1. The predicted molar refractivity (Wildman–Crippen MR) is 173 cm³/mol. The molecule has 0 fully saturated rings. The van der Waals surface area contributed by atoms with Gasteiger partial charge in [-0.05, 0) is 73.7 Å². The molecule has 6 nitrogen and oxygen atoms in total. The van der Waals surface area contributed by atoms with Gasteiger partial charge in [0.25, 0.3) is 5.56 Å². The number of aromatic nitrogens is 2. The Bertz CT molecular complexity index is 1700. The quantitative estimate of drug-likeness (QED) is 0.155. The minimum absolute atomic E-state index is 0.0390. The molecule has 0 spiro atoms. The summed E-state index contributed by atoms with van der Waals surface area (Å²) in [5.74, 6) is 1.02. The van der Waals surface area contributed by atoms with Gasteiger partial charge in [-0.3, -0.25) is 14.2 Å². The van der Waals surface area contributed by atoms with E-state index >= 15 is 0 Å². The molecule has 0 radical (unpaired) electrons. The van der Waals surface area contributed by atoms with Crippen LogP contribution < -0.4 is 10.3 Å². The van der Waals surface area contributed by atoms with Crippen LogP contribution in [0.15, 0.2) is 114 Å². The number of benzene rings is 4. The van der Waals surface area contributed by atoms with Crippen molar-refractivity contribution in [2.24, 2.45) is 0 Å². The normalized spacial score (nSPS) is 12.5. The summed E-state index contributed by atoms with van der Waals surface area (Å²) in [7, 11) is 0. The van der Waals surface area contributed by atoms with Crippen molar-refractivity contribution in [2.45, 2.75) is 52.0 Å². The first-order valence-corrected chi connectivity index (χ1v) is 15.2. The van der Waals surface area contributed by atoms with Crippen LogP contribution >= 0.6 is 0 Å². The third kappa shape index (κ3) is 6.54. The predicted octanol–water partition coefficient (Wildman–Crippen LogP) is 7.50. The Labute approximate surface area is 253 Å². The lowest BCUT2D eigenvalue weighted by Crippen LogP contribution is -2.42. The Morgan fingerprint density at radius 1 is 0.814 bits per heavy atom. The van der Waals surface area contributed by atoms with Crippen LogP contribution in [0.25, 0.3) is 16.6 Å². The lowest BCUT2D eigenvalue weighted by atomic mass is 9.93. The second-order valence-corrected chi connectivity index (χ2v) is 10.6. The Balaban J connectivity index is 1.66. The molecule has 0 aliphatic carbocycles. The van der Waals surface area contributed by atoms with Crippen molar-refractivity contribution in [1.82, 2.24) is 14.5 Å². The van der Waals surface area contributed by atoms with Crippen LogP contribution in [0, 0.1) is 0 Å². The van der Waals surface area contributed by atoms with E-state index in [1.54, 1.807) is 10.6 Å². The highest BCUT2D eigenvalue weighted by molar-refractivity contribution is 5.84. The van der Waals surface area contributed by atoms with Gasteiger partial charge < -0.3 is 9.64 Å². The number of nitrogens with zero attached hydrogens (tertiary/aromatic N) is 3. The van der Waals surface area contributed by atoms with Crippen LogP contribution in [0.5, 0.6) is 5.75 Å². The summed E-state index contributed by atoms with van der Waals surface area (Å²) < 4.78 is 7.34. The van der Waals surface area contributed by atoms with Gasteiger partial charge in [0.05, 0.1) is 35.2 Å². The zero-order valence-corrected chi connectivity index (χ0v) is 25.1. The first-order valence-electron chi connectivity index (χ1n) is 15.2. The Hall–Kier alpha value is -4.71. The number of rotatable bonds is 12. The van der Waals surface area contributed by atoms with Crippen LogP contribution in [0.4, 0.5) is 0 Å². The minimum Gasteiger partial charge on any atom is -0.494 e. The van der Waals surface area contributed by atoms with Gasteiger partial charge in [-0.2, -0.15) is 0 Å². The summed E-state index contributed by atoms with van der Waals surface area (Å²) in [6, 6.07) is 34.7. The van der Waals surface area contributed by atoms with E-state index < -0.39 is 6.04 Å². The average Bonchev–Trinajstić information content (AvgIpc) is 3.05. The molecule has 5 rings (SSSR count). The molecular weight excluding hydrogens is 534 g/mol. The van der Waals surface area contributed by atoms with E-state index in [0.717, 1.165) is 16.9 Å². The second-order valence-electron chi connectivity index (χ2n) is 10.6. The van der Waals surface area contributed by atoms with Crippen molar-refractivity contribution in [3.63, 3.8) is 0 Å². The van der Waals surface area contributed by atoms with Crippen molar-refractivity contribution in [2.75, 3.05) is 13.2 Å². The Morgan fingerprint density at radius 3 is 2.12 bits per heavy atom. The molecule has 2 unspecified atom stereocenters. The van der Waals surface area contributed by atoms with Crippen LogP contribution in [-0.2, 0) is 11.2 Å². The fourth-order valence-electron chi connectivity index (χ4n) is 5.78. The zero-order chi connectivity index (χ0) is 30.2. The van der Waals surface area contributed by atoms with Gasteiger partial charge in [-0.15, -0.1) is 0 Å². The van der Waals surface area contributed by atoms with Gasteiger partial charge in [0.1, 0.15) is 11.6 Å². The maximum atomic E-state index is 14.6. The summed E-state index contributed by atoms with van der Waals surface area (Å²) in [4.78, 5) is 35.8. The van der Waals surface area contributed by atoms with E-state index in [0.29, 0.717) is 54.8 Å². The van der Waals surface area contributed by atoms with Gasteiger partial charge in [-0.1, -0.05) is 86.6 Å². The summed E-state index contributed by atoms with van der Waals surface area (Å²) >= 11 is 0. The van der Waals surface area contributed by atoms with Gasteiger partial charge in [0, 0.05) is 6.54 Å². The van der Waals surface area contributed by atoms with Gasteiger partial charge in [-0.25, -0.2) is 4.98 Å². The molecule has 0 saturated carbocycles. The number of hydrogen-bond donors (Lipinski definition) is 0. The highest BCUT2D eigenvalue weighted by Crippen LogP contribution is 2.31. The molecule has 1 aromatic heterocycles. The summed E-state index contributed by atoms with van der Waals surface area (Å²) in [5.41, 5.74) is 3.29. The standard InChI is InChI=1S/C37H39N3O3/c1-4-31(28-17-11-8-12-18-28)36(41)39(26-25-27-15-9-7-10-16-27)34(5-2)35-38-33-20-14-13-19-32(33)37(42)40(35)29-21-23-30(24-22-29)43-6-3/h7-24,31,34H,4-6,25-26H2,1-3H3. The summed E-state index contributed by atoms with van der Waals surface area (Å²) in [5, 5.41) is 0.535. The summed E-state index contributed by atoms with van der Waals surface area (Å²) in [6.07, 6.45) is 1.95. The third-order valence-corrected chi connectivity index (χ3v) is 7.94. The first-order chi connectivity index (χ1) is 21.0. The van der Waals surface area contributed by atoms with E-state index in [9.17, 15) is 9.59 Å². The molecule has 2 atom stereocenters. The lowest BCUT2D eigenvalue weighted by Gasteiger charge is -2.35. The largest absolute Gasteiger partial charge is 0.494 e. The third-order valence-electron chi connectivity index (χ3n) is 7.94. The van der Waals surface area contributed by atoms with Crippen LogP contribution in [0.1, 0.15) is 62.5 Å². The molecular formula is C37H39N3O3. The fourth-order valence-corrected chi connectivity index (χ4v) is 5.78. The summed E-state index contributed by atoms with van der Waals surface area (Å²) in [6.45, 7) is 7.10. The van der Waals surface area contributed by atoms with E-state index in [2.05, 4.69) is 26.0 Å². The molecule has 0 aliphatic rings. The van der Waals surface area contributed by atoms with Crippen LogP contribution in [0.3, 0.4) is 0 Å². The maximum absolute atomic E-state index is 14.6. The van der Waals surface area contributed by atoms with Crippen LogP contribution in [0.2, 0.25) is 0 Å². The topological polar surface area (TPSA) is 64.4 Å². The van der Waals surface area contributed by atoms with E-state index in [1.165, 1.54) is 0 Å². The highest BCUT2D eigenvalue weighted by Gasteiger charge is 2.33. The van der Waals surface area contributed by atoms with Crippen LogP contribution in [-0.4, -0.2) is 33.5 Å². The number of fused-ring (bicyclic) bond motifs is 1. The molecule has 6 heteroatoms. The first kappa shape index (κ1) is 29.8. The Kier molecular flexibility index (Phi) is 9.67. The van der Waals surface area contributed by atoms with Crippen molar-refractivity contribution in [1.29, 1.82) is 0 Å². The van der Waals surface area contributed by atoms with E-state index in [4.69, 9.17) is 9.72 Å². The number of ether oxygens (including phenoxy) is 1. The number of carbonyl (C=O) groups excluding carboxylic acids is 1. The smallest absolute Gasteiger partial charge is 0.266 e. The van der Waals surface area contributed by atoms with Crippen molar-refractivity contribution < 1.29 is 9.53 Å². The SMILES string of the molecule is CCOc1ccc(-n2c(C(CC)N(CCc3ccccc3)C(=O)C(CC)c3ccccc3)nc3ccccc3c2=O)cc1. The molecule has 1 heterocycles. The minimum atomic E-state index is -0.433. The molecule has 1 amide bonds. The molecule has 5 aromatic rings. The zero-order valence-electron chi connectivity index (χ0n) is 25.1. The molecule has 4 aromatic carbocycles. The monoisotopic (exact) mass is 573 g/mol. The van der Waals surface area contributed by atoms with Gasteiger partial charge >= 0.3 is 0 Å². The Morgan fingerprint density at radius 2 is 1.47 bits per heavy atom. The fraction of sp³-hybridized carbons (Fsp3) is 0.270. The van der Waals surface area contributed by atoms with Gasteiger partial charge in [0.2, 0.25) is 5.91 Å². The molecule has 43 heavy (non-hydrogen) atoms. The van der Waals surface area contributed by atoms with Crippen molar-refractivity contribution in [3.8, 4) is 11.4 Å². The molecule has 220 valence electrons. The average molecular weight is 574 g/mol. The van der Waals surface area contributed by atoms with Crippen molar-refractivity contribution in [3.05, 3.63) is 136 Å². The number of amides is 1. The molecule has 0 aliphatic heterocycles. The molecule has 0 saturated heterocycles. The van der Waals surface area contributed by atoms with E-state index in [1.807, 2.05) is 103 Å². The molecule has 0 N–H and O–H groups in total. The van der Waals surface area contributed by atoms with Gasteiger partial charge in [0.15, 0.2) is 0 Å². The maximum Gasteiger partial charge on any atom is 0.266 e. The second kappa shape index (κ2) is 14.0. The van der Waals surface area contributed by atoms with Crippen molar-refractivity contribution >= 4 is 16.8 Å².